The van der Waals surface area contributed by atoms with E-state index < -0.39 is 0 Å². The second kappa shape index (κ2) is 7.56. The minimum Gasteiger partial charge on any atom is -0.375 e. The quantitative estimate of drug-likeness (QED) is 0.694. The molecule has 0 radical (unpaired) electrons. The number of carbonyl (C=O) groups is 1. The van der Waals surface area contributed by atoms with E-state index in [1.165, 1.54) is 5.69 Å². The highest BCUT2D eigenvalue weighted by Crippen LogP contribution is 2.19. The molecule has 0 bridgehead atoms. The van der Waals surface area contributed by atoms with Gasteiger partial charge in [-0.15, -0.1) is 0 Å². The molecular formula is C20H25N5O. The van der Waals surface area contributed by atoms with Crippen LogP contribution in [0.3, 0.4) is 0 Å². The Morgan fingerprint density at radius 2 is 1.92 bits per heavy atom. The number of carbonyl (C=O) groups excluding carboxylic acids is 1. The molecule has 0 saturated heterocycles. The van der Waals surface area contributed by atoms with E-state index >= 15 is 0 Å². The van der Waals surface area contributed by atoms with Crippen molar-refractivity contribution in [3.8, 4) is 0 Å². The zero-order valence-electron chi connectivity index (χ0n) is 15.8. The lowest BCUT2D eigenvalue weighted by molar-refractivity contribution is 0.0952. The number of anilines is 1. The fraction of sp³-hybridized carbons (Fsp3) is 0.350. The summed E-state index contributed by atoms with van der Waals surface area (Å²) in [5.74, 6) is -0.0810. The molecule has 6 heteroatoms. The minimum atomic E-state index is -0.0810. The number of fused-ring (bicyclic) bond motifs is 1. The summed E-state index contributed by atoms with van der Waals surface area (Å²) in [6, 6.07) is 12.1. The summed E-state index contributed by atoms with van der Waals surface area (Å²) in [5, 5.41) is 8.30. The van der Waals surface area contributed by atoms with Gasteiger partial charge in [-0.05, 0) is 38.5 Å². The molecule has 0 spiro atoms. The van der Waals surface area contributed by atoms with Gasteiger partial charge in [-0.2, -0.15) is 5.10 Å². The Bertz CT molecular complexity index is 917. The maximum Gasteiger partial charge on any atom is 0.253 e. The average Bonchev–Trinajstić information content (AvgIpc) is 2.91. The number of aromatic nitrogens is 3. The second-order valence-corrected chi connectivity index (χ2v) is 6.57. The first-order chi connectivity index (χ1) is 12.5. The lowest BCUT2D eigenvalue weighted by atomic mass is 10.1. The zero-order chi connectivity index (χ0) is 18.7. The van der Waals surface area contributed by atoms with Crippen LogP contribution in [0.1, 0.15) is 28.2 Å². The lowest BCUT2D eigenvalue weighted by Crippen LogP contribution is -2.28. The van der Waals surface area contributed by atoms with E-state index in [4.69, 9.17) is 0 Å². The normalized spacial score (nSPS) is 10.9. The van der Waals surface area contributed by atoms with Crippen LogP contribution in [0, 0.1) is 13.8 Å². The Morgan fingerprint density at radius 3 is 2.65 bits per heavy atom. The van der Waals surface area contributed by atoms with Gasteiger partial charge >= 0.3 is 0 Å². The number of rotatable bonds is 6. The molecule has 1 N–H and O–H groups in total. The molecule has 1 aromatic carbocycles. The standard InChI is InChI=1S/C20H25N5O/c1-14-18(13-17-15(2)23-25(4)19(17)22-14)20(26)21-11-8-12-24(3)16-9-6-5-7-10-16/h5-7,9-10,13H,8,11-12H2,1-4H3,(H,21,26). The monoisotopic (exact) mass is 351 g/mol. The fourth-order valence-electron chi connectivity index (χ4n) is 3.09. The minimum absolute atomic E-state index is 0.0810. The van der Waals surface area contributed by atoms with Crippen molar-refractivity contribution in [1.82, 2.24) is 20.1 Å². The van der Waals surface area contributed by atoms with Gasteiger partial charge in [-0.1, -0.05) is 18.2 Å². The first-order valence-corrected chi connectivity index (χ1v) is 8.82. The molecule has 0 aliphatic carbocycles. The largest absolute Gasteiger partial charge is 0.375 e. The van der Waals surface area contributed by atoms with Crippen molar-refractivity contribution in [2.75, 3.05) is 25.0 Å². The van der Waals surface area contributed by atoms with Crippen molar-refractivity contribution in [2.24, 2.45) is 7.05 Å². The average molecular weight is 351 g/mol. The van der Waals surface area contributed by atoms with Gasteiger partial charge in [0.25, 0.3) is 5.91 Å². The van der Waals surface area contributed by atoms with Gasteiger partial charge in [0.2, 0.25) is 0 Å². The molecule has 3 rings (SSSR count). The van der Waals surface area contributed by atoms with E-state index in [-0.39, 0.29) is 5.91 Å². The SMILES string of the molecule is Cc1nc2c(cc1C(=O)NCCCN(C)c1ccccc1)c(C)nn2C. The first-order valence-electron chi connectivity index (χ1n) is 8.82. The maximum absolute atomic E-state index is 12.6. The summed E-state index contributed by atoms with van der Waals surface area (Å²) < 4.78 is 1.75. The molecule has 136 valence electrons. The molecule has 2 heterocycles. The summed E-state index contributed by atoms with van der Waals surface area (Å²) in [6.45, 7) is 5.29. The second-order valence-electron chi connectivity index (χ2n) is 6.57. The van der Waals surface area contributed by atoms with Gasteiger partial charge in [0.1, 0.15) is 0 Å². The Morgan fingerprint density at radius 1 is 1.19 bits per heavy atom. The highest BCUT2D eigenvalue weighted by molar-refractivity contribution is 5.98. The van der Waals surface area contributed by atoms with Crippen LogP contribution in [0.4, 0.5) is 5.69 Å². The van der Waals surface area contributed by atoms with Crippen LogP contribution in [0.25, 0.3) is 11.0 Å². The molecule has 0 fully saturated rings. The number of benzene rings is 1. The number of aryl methyl sites for hydroxylation is 3. The van der Waals surface area contributed by atoms with E-state index in [9.17, 15) is 4.79 Å². The molecule has 2 aromatic heterocycles. The number of hydrogen-bond donors (Lipinski definition) is 1. The molecule has 26 heavy (non-hydrogen) atoms. The Kier molecular flexibility index (Phi) is 5.21. The zero-order valence-corrected chi connectivity index (χ0v) is 15.8. The summed E-state index contributed by atoms with van der Waals surface area (Å²) in [7, 11) is 3.93. The Hall–Kier alpha value is -2.89. The van der Waals surface area contributed by atoms with E-state index in [1.54, 1.807) is 4.68 Å². The number of nitrogens with one attached hydrogen (secondary N) is 1. The number of amides is 1. The van der Waals surface area contributed by atoms with Crippen molar-refractivity contribution in [2.45, 2.75) is 20.3 Å². The molecule has 0 atom stereocenters. The van der Waals surface area contributed by atoms with Crippen LogP contribution in [-0.4, -0.2) is 40.8 Å². The summed E-state index contributed by atoms with van der Waals surface area (Å²) >= 11 is 0. The van der Waals surface area contributed by atoms with Gasteiger partial charge in [-0.25, -0.2) is 4.98 Å². The number of pyridine rings is 1. The fourth-order valence-corrected chi connectivity index (χ4v) is 3.09. The van der Waals surface area contributed by atoms with Gasteiger partial charge in [0.15, 0.2) is 5.65 Å². The van der Waals surface area contributed by atoms with Gasteiger partial charge in [-0.3, -0.25) is 9.48 Å². The van der Waals surface area contributed by atoms with E-state index in [0.29, 0.717) is 12.1 Å². The summed E-state index contributed by atoms with van der Waals surface area (Å²) in [5.41, 5.74) is 4.20. The van der Waals surface area contributed by atoms with Crippen molar-refractivity contribution in [3.05, 3.63) is 53.3 Å². The maximum atomic E-state index is 12.6. The molecule has 6 nitrogen and oxygen atoms in total. The smallest absolute Gasteiger partial charge is 0.253 e. The van der Waals surface area contributed by atoms with Crippen LogP contribution >= 0.6 is 0 Å². The molecule has 0 saturated carbocycles. The van der Waals surface area contributed by atoms with E-state index in [1.807, 2.05) is 45.2 Å². The van der Waals surface area contributed by atoms with Crippen LogP contribution in [0.15, 0.2) is 36.4 Å². The van der Waals surface area contributed by atoms with Crippen molar-refractivity contribution < 1.29 is 4.79 Å². The highest BCUT2D eigenvalue weighted by atomic mass is 16.1. The molecule has 0 unspecified atom stereocenters. The number of hydrogen-bond acceptors (Lipinski definition) is 4. The predicted octanol–water partition coefficient (Wildman–Crippen LogP) is 2.84. The van der Waals surface area contributed by atoms with Crippen molar-refractivity contribution in [1.29, 1.82) is 0 Å². The van der Waals surface area contributed by atoms with Gasteiger partial charge in [0, 0.05) is 38.3 Å². The van der Waals surface area contributed by atoms with Crippen molar-refractivity contribution in [3.63, 3.8) is 0 Å². The molecule has 1 amide bonds. The first kappa shape index (κ1) is 17.9. The summed E-state index contributed by atoms with van der Waals surface area (Å²) in [4.78, 5) is 19.3. The summed E-state index contributed by atoms with van der Waals surface area (Å²) in [6.07, 6.45) is 0.873. The Balaban J connectivity index is 1.59. The number of nitrogens with zero attached hydrogens (tertiary/aromatic N) is 4. The number of para-hydroxylation sites is 1. The predicted molar refractivity (Wildman–Crippen MR) is 105 cm³/mol. The lowest BCUT2D eigenvalue weighted by Gasteiger charge is -2.19. The van der Waals surface area contributed by atoms with Crippen molar-refractivity contribution >= 4 is 22.6 Å². The molecule has 3 aromatic rings. The van der Waals surface area contributed by atoms with Crippen LogP contribution in [-0.2, 0) is 7.05 Å². The third-order valence-electron chi connectivity index (χ3n) is 4.59. The highest BCUT2D eigenvalue weighted by Gasteiger charge is 2.15. The molecule has 0 aliphatic rings. The third kappa shape index (κ3) is 3.69. The molecular weight excluding hydrogens is 326 g/mol. The third-order valence-corrected chi connectivity index (χ3v) is 4.59. The topological polar surface area (TPSA) is 63.1 Å². The van der Waals surface area contributed by atoms with Crippen LogP contribution < -0.4 is 10.2 Å². The molecule has 0 aliphatic heterocycles. The van der Waals surface area contributed by atoms with Gasteiger partial charge in [0.05, 0.1) is 17.0 Å². The Labute approximate surface area is 153 Å². The van der Waals surface area contributed by atoms with Gasteiger partial charge < -0.3 is 10.2 Å². The van der Waals surface area contributed by atoms with Crippen LogP contribution in [0.5, 0.6) is 0 Å². The van der Waals surface area contributed by atoms with E-state index in [0.717, 1.165) is 35.4 Å². The van der Waals surface area contributed by atoms with E-state index in [2.05, 4.69) is 39.5 Å². The van der Waals surface area contributed by atoms with Crippen LogP contribution in [0.2, 0.25) is 0 Å².